The van der Waals surface area contributed by atoms with Crippen LogP contribution in [0.5, 0.6) is 5.75 Å². The van der Waals surface area contributed by atoms with E-state index in [1.807, 2.05) is 36.4 Å². The molecule has 1 aromatic heterocycles. The molecule has 4 rings (SSSR count). The van der Waals surface area contributed by atoms with Crippen LogP contribution >= 0.6 is 11.6 Å². The fourth-order valence-corrected chi connectivity index (χ4v) is 3.66. The number of anilines is 1. The van der Waals surface area contributed by atoms with Crippen LogP contribution < -0.4 is 9.64 Å². The summed E-state index contributed by atoms with van der Waals surface area (Å²) in [6, 6.07) is 18.1. The number of benzene rings is 2. The van der Waals surface area contributed by atoms with Crippen molar-refractivity contribution in [2.24, 2.45) is 0 Å². The van der Waals surface area contributed by atoms with Crippen LogP contribution in [0.25, 0.3) is 10.9 Å². The van der Waals surface area contributed by atoms with E-state index in [0.29, 0.717) is 6.61 Å². The van der Waals surface area contributed by atoms with Crippen molar-refractivity contribution in [3.8, 4) is 5.75 Å². The van der Waals surface area contributed by atoms with Crippen LogP contribution in [-0.2, 0) is 6.61 Å². The van der Waals surface area contributed by atoms with E-state index in [9.17, 15) is 0 Å². The van der Waals surface area contributed by atoms with E-state index in [1.165, 1.54) is 25.7 Å². The first-order valence-corrected chi connectivity index (χ1v) is 9.70. The van der Waals surface area contributed by atoms with Gasteiger partial charge in [0.15, 0.2) is 0 Å². The number of fused-ring (bicyclic) bond motifs is 1. The molecule has 0 N–H and O–H groups in total. The zero-order chi connectivity index (χ0) is 17.8. The lowest BCUT2D eigenvalue weighted by molar-refractivity contribution is 0.309. The molecule has 1 fully saturated rings. The van der Waals surface area contributed by atoms with Crippen molar-refractivity contribution in [2.45, 2.75) is 32.3 Å². The summed E-state index contributed by atoms with van der Waals surface area (Å²) in [6.45, 7) is 2.61. The average Bonchev–Trinajstić information content (AvgIpc) is 2.96. The first kappa shape index (κ1) is 17.2. The molecule has 4 heteroatoms. The van der Waals surface area contributed by atoms with E-state index in [2.05, 4.69) is 23.1 Å². The number of rotatable bonds is 4. The number of ether oxygens (including phenoxy) is 1. The molecule has 26 heavy (non-hydrogen) atoms. The Hall–Kier alpha value is -2.26. The normalized spacial score (nSPS) is 15.0. The van der Waals surface area contributed by atoms with Gasteiger partial charge in [-0.15, -0.1) is 0 Å². The molecule has 3 aromatic rings. The van der Waals surface area contributed by atoms with Crippen LogP contribution in [0.4, 0.5) is 5.82 Å². The van der Waals surface area contributed by atoms with Gasteiger partial charge in [-0.3, -0.25) is 0 Å². The van der Waals surface area contributed by atoms with Crippen LogP contribution in [0.2, 0.25) is 5.02 Å². The van der Waals surface area contributed by atoms with Gasteiger partial charge in [-0.05, 0) is 37.1 Å². The van der Waals surface area contributed by atoms with Gasteiger partial charge in [-0.25, -0.2) is 4.98 Å². The summed E-state index contributed by atoms with van der Waals surface area (Å²) in [4.78, 5) is 7.34. The number of para-hydroxylation sites is 1. The van der Waals surface area contributed by atoms with E-state index in [1.54, 1.807) is 0 Å². The number of aromatic nitrogens is 1. The lowest BCUT2D eigenvalue weighted by atomic mass is 10.2. The zero-order valence-corrected chi connectivity index (χ0v) is 15.6. The largest absolute Gasteiger partial charge is 0.487 e. The summed E-state index contributed by atoms with van der Waals surface area (Å²) < 4.78 is 6.09. The Morgan fingerprint density at radius 1 is 0.885 bits per heavy atom. The van der Waals surface area contributed by atoms with Crippen LogP contribution in [0, 0.1) is 0 Å². The van der Waals surface area contributed by atoms with Crippen molar-refractivity contribution in [2.75, 3.05) is 18.0 Å². The van der Waals surface area contributed by atoms with Crippen molar-refractivity contribution in [1.29, 1.82) is 0 Å². The molecule has 0 amide bonds. The topological polar surface area (TPSA) is 25.4 Å². The predicted octanol–water partition coefficient (Wildman–Crippen LogP) is 5.85. The van der Waals surface area contributed by atoms with E-state index < -0.39 is 0 Å². The molecule has 1 aliphatic heterocycles. The third-order valence-corrected chi connectivity index (χ3v) is 5.31. The molecule has 0 spiro atoms. The molecule has 0 radical (unpaired) electrons. The summed E-state index contributed by atoms with van der Waals surface area (Å²) in [6.07, 6.45) is 5.11. The molecule has 3 nitrogen and oxygen atoms in total. The Morgan fingerprint density at radius 2 is 1.69 bits per heavy atom. The van der Waals surface area contributed by atoms with Gasteiger partial charge in [0.2, 0.25) is 0 Å². The molecule has 0 bridgehead atoms. The summed E-state index contributed by atoms with van der Waals surface area (Å²) in [7, 11) is 0. The van der Waals surface area contributed by atoms with Gasteiger partial charge in [0.1, 0.15) is 23.7 Å². The van der Waals surface area contributed by atoms with Crippen molar-refractivity contribution in [1.82, 2.24) is 4.98 Å². The van der Waals surface area contributed by atoms with Gasteiger partial charge in [0.05, 0.1) is 0 Å². The SMILES string of the molecule is Clc1ccccc1COc1cccc2ccc(N3CCCCCC3)nc12. The minimum absolute atomic E-state index is 0.439. The van der Waals surface area contributed by atoms with E-state index in [0.717, 1.165) is 46.1 Å². The molecule has 1 saturated heterocycles. The number of hydrogen-bond acceptors (Lipinski definition) is 3. The fourth-order valence-electron chi connectivity index (χ4n) is 3.47. The first-order chi connectivity index (χ1) is 12.8. The molecule has 2 heterocycles. The zero-order valence-electron chi connectivity index (χ0n) is 14.8. The second kappa shape index (κ2) is 7.96. The fraction of sp³-hybridized carbons (Fsp3) is 0.318. The number of halogens is 1. The van der Waals surface area contributed by atoms with Gasteiger partial charge >= 0.3 is 0 Å². The van der Waals surface area contributed by atoms with E-state index >= 15 is 0 Å². The summed E-state index contributed by atoms with van der Waals surface area (Å²) in [5, 5.41) is 1.83. The van der Waals surface area contributed by atoms with Gasteiger partial charge < -0.3 is 9.64 Å². The molecule has 134 valence electrons. The monoisotopic (exact) mass is 366 g/mol. The standard InChI is InChI=1S/C22H23ClN2O/c23-19-10-4-3-8-18(19)16-26-20-11-7-9-17-12-13-21(24-22(17)20)25-14-5-1-2-6-15-25/h3-4,7-13H,1-2,5-6,14-16H2. The Balaban J connectivity index is 1.61. The van der Waals surface area contributed by atoms with Gasteiger partial charge in [-0.2, -0.15) is 0 Å². The molecular weight excluding hydrogens is 344 g/mol. The maximum Gasteiger partial charge on any atom is 0.146 e. The summed E-state index contributed by atoms with van der Waals surface area (Å²) >= 11 is 6.25. The molecular formula is C22H23ClN2O. The quantitative estimate of drug-likeness (QED) is 0.579. The molecule has 0 atom stereocenters. The van der Waals surface area contributed by atoms with Crippen LogP contribution in [0.15, 0.2) is 54.6 Å². The van der Waals surface area contributed by atoms with Crippen LogP contribution in [0.1, 0.15) is 31.2 Å². The highest BCUT2D eigenvalue weighted by atomic mass is 35.5. The lowest BCUT2D eigenvalue weighted by Crippen LogP contribution is -2.24. The molecule has 0 saturated carbocycles. The number of nitrogens with zero attached hydrogens (tertiary/aromatic N) is 2. The highest BCUT2D eigenvalue weighted by molar-refractivity contribution is 6.31. The van der Waals surface area contributed by atoms with Crippen molar-refractivity contribution in [3.63, 3.8) is 0 Å². The smallest absolute Gasteiger partial charge is 0.146 e. The maximum atomic E-state index is 6.25. The van der Waals surface area contributed by atoms with Crippen LogP contribution in [-0.4, -0.2) is 18.1 Å². The molecule has 2 aromatic carbocycles. The van der Waals surface area contributed by atoms with Crippen LogP contribution in [0.3, 0.4) is 0 Å². The highest BCUT2D eigenvalue weighted by Gasteiger charge is 2.13. The minimum Gasteiger partial charge on any atom is -0.487 e. The Kier molecular flexibility index (Phi) is 5.26. The van der Waals surface area contributed by atoms with E-state index in [-0.39, 0.29) is 0 Å². The summed E-state index contributed by atoms with van der Waals surface area (Å²) in [5.41, 5.74) is 1.90. The van der Waals surface area contributed by atoms with Crippen molar-refractivity contribution in [3.05, 3.63) is 65.2 Å². The van der Waals surface area contributed by atoms with Gasteiger partial charge in [-0.1, -0.05) is 54.8 Å². The number of hydrogen-bond donors (Lipinski definition) is 0. The average molecular weight is 367 g/mol. The van der Waals surface area contributed by atoms with Gasteiger partial charge in [0, 0.05) is 29.1 Å². The maximum absolute atomic E-state index is 6.25. The summed E-state index contributed by atoms with van der Waals surface area (Å²) in [5.74, 6) is 1.85. The third-order valence-electron chi connectivity index (χ3n) is 4.94. The Labute approximate surface area is 159 Å². The second-order valence-electron chi connectivity index (χ2n) is 6.78. The molecule has 1 aliphatic rings. The van der Waals surface area contributed by atoms with Gasteiger partial charge in [0.25, 0.3) is 0 Å². The predicted molar refractivity (Wildman–Crippen MR) is 108 cm³/mol. The molecule has 0 unspecified atom stereocenters. The lowest BCUT2D eigenvalue weighted by Gasteiger charge is -2.22. The molecule has 0 aliphatic carbocycles. The van der Waals surface area contributed by atoms with Crippen molar-refractivity contribution < 1.29 is 4.74 Å². The third kappa shape index (κ3) is 3.78. The number of pyridine rings is 1. The second-order valence-corrected chi connectivity index (χ2v) is 7.19. The first-order valence-electron chi connectivity index (χ1n) is 9.32. The van der Waals surface area contributed by atoms with E-state index in [4.69, 9.17) is 21.3 Å². The minimum atomic E-state index is 0.439. The Morgan fingerprint density at radius 3 is 2.50 bits per heavy atom. The highest BCUT2D eigenvalue weighted by Crippen LogP contribution is 2.28. The van der Waals surface area contributed by atoms with Crippen molar-refractivity contribution >= 4 is 28.3 Å². The Bertz CT molecular complexity index is 888.